The quantitative estimate of drug-likeness (QED) is 0.382. The van der Waals surface area contributed by atoms with E-state index in [0.717, 1.165) is 86.7 Å². The number of aromatic nitrogens is 4. The van der Waals surface area contributed by atoms with Crippen LogP contribution in [-0.4, -0.2) is 52.4 Å². The van der Waals surface area contributed by atoms with E-state index in [-0.39, 0.29) is 18.0 Å². The number of rotatable bonds is 11. The first kappa shape index (κ1) is 24.2. The number of aryl methyl sites for hydroxylation is 2. The minimum atomic E-state index is -0.144. The Morgan fingerprint density at radius 3 is 2.78 bits per heavy atom. The third-order valence-corrected chi connectivity index (χ3v) is 6.02. The average molecular weight is 445 g/mol. The zero-order valence-electron chi connectivity index (χ0n) is 19.8. The lowest BCUT2D eigenvalue weighted by atomic mass is 9.87. The third kappa shape index (κ3) is 6.28. The van der Waals surface area contributed by atoms with Crippen molar-refractivity contribution in [3.63, 3.8) is 0 Å². The van der Waals surface area contributed by atoms with Crippen molar-refractivity contribution in [1.29, 1.82) is 0 Å². The number of hydrogen-bond acceptors (Lipinski definition) is 7. The van der Waals surface area contributed by atoms with Crippen LogP contribution in [-0.2, 0) is 27.7 Å². The van der Waals surface area contributed by atoms with E-state index in [1.165, 1.54) is 7.11 Å². The van der Waals surface area contributed by atoms with Crippen molar-refractivity contribution in [2.24, 2.45) is 13.0 Å². The number of ether oxygens (including phenoxy) is 3. The fraction of sp³-hybridized carbons (Fsp3) is 0.667. The molecule has 8 heteroatoms. The molecule has 0 unspecified atom stereocenters. The van der Waals surface area contributed by atoms with Gasteiger partial charge in [-0.3, -0.25) is 9.48 Å². The van der Waals surface area contributed by atoms with Crippen LogP contribution in [0, 0.1) is 12.8 Å². The minimum absolute atomic E-state index is 0.000939. The number of pyridine rings is 1. The van der Waals surface area contributed by atoms with Gasteiger partial charge in [0.25, 0.3) is 0 Å². The van der Waals surface area contributed by atoms with Crippen molar-refractivity contribution < 1.29 is 19.0 Å². The van der Waals surface area contributed by atoms with Gasteiger partial charge < -0.3 is 14.2 Å². The largest absolute Gasteiger partial charge is 0.489 e. The van der Waals surface area contributed by atoms with E-state index in [9.17, 15) is 4.79 Å². The van der Waals surface area contributed by atoms with Crippen LogP contribution < -0.4 is 4.74 Å². The monoisotopic (exact) mass is 444 g/mol. The van der Waals surface area contributed by atoms with Gasteiger partial charge in [-0.2, -0.15) is 0 Å². The van der Waals surface area contributed by atoms with E-state index in [1.54, 1.807) is 0 Å². The maximum absolute atomic E-state index is 11.9. The Bertz CT molecular complexity index is 883. The number of carbonyl (C=O) groups excluding carboxylic acids is 1. The zero-order valence-corrected chi connectivity index (χ0v) is 19.8. The fourth-order valence-corrected chi connectivity index (χ4v) is 4.16. The normalized spacial score (nSPS) is 18.5. The Balaban J connectivity index is 1.63. The number of esters is 1. The van der Waals surface area contributed by atoms with Crippen LogP contribution in [0.15, 0.2) is 12.1 Å². The molecule has 176 valence electrons. The lowest BCUT2D eigenvalue weighted by Crippen LogP contribution is -2.30. The molecule has 1 saturated carbocycles. The summed E-state index contributed by atoms with van der Waals surface area (Å²) in [6, 6.07) is 3.89. The van der Waals surface area contributed by atoms with Crippen molar-refractivity contribution in [1.82, 2.24) is 20.0 Å². The molecule has 32 heavy (non-hydrogen) atoms. The minimum Gasteiger partial charge on any atom is -0.489 e. The Labute approximate surface area is 190 Å². The summed E-state index contributed by atoms with van der Waals surface area (Å²) in [5, 5.41) is 8.57. The van der Waals surface area contributed by atoms with E-state index in [4.69, 9.17) is 19.2 Å². The summed E-state index contributed by atoms with van der Waals surface area (Å²) >= 11 is 0. The highest BCUT2D eigenvalue weighted by molar-refractivity contribution is 5.72. The van der Waals surface area contributed by atoms with Gasteiger partial charge in [0.05, 0.1) is 36.2 Å². The first-order chi connectivity index (χ1) is 15.5. The van der Waals surface area contributed by atoms with Gasteiger partial charge >= 0.3 is 5.97 Å². The van der Waals surface area contributed by atoms with Crippen LogP contribution in [0.25, 0.3) is 11.4 Å². The highest BCUT2D eigenvalue weighted by Crippen LogP contribution is 2.31. The molecule has 2 aromatic rings. The van der Waals surface area contributed by atoms with Crippen LogP contribution in [0.3, 0.4) is 0 Å². The smallest absolute Gasteiger partial charge is 0.308 e. The van der Waals surface area contributed by atoms with Crippen LogP contribution in [0.2, 0.25) is 0 Å². The summed E-state index contributed by atoms with van der Waals surface area (Å²) in [7, 11) is 3.36. The van der Waals surface area contributed by atoms with Crippen LogP contribution >= 0.6 is 0 Å². The van der Waals surface area contributed by atoms with Crippen molar-refractivity contribution in [3.8, 4) is 17.1 Å². The second-order valence-electron chi connectivity index (χ2n) is 8.48. The van der Waals surface area contributed by atoms with Gasteiger partial charge in [-0.25, -0.2) is 4.98 Å². The number of unbranched alkanes of at least 4 members (excludes halogenated alkanes) is 1. The maximum atomic E-state index is 11.9. The number of methoxy groups -OCH3 is 1. The fourth-order valence-electron chi connectivity index (χ4n) is 4.16. The molecular formula is C24H36N4O4. The van der Waals surface area contributed by atoms with Crippen molar-refractivity contribution in [2.45, 2.75) is 71.3 Å². The van der Waals surface area contributed by atoms with Crippen LogP contribution in [0.5, 0.6) is 5.75 Å². The van der Waals surface area contributed by atoms with Gasteiger partial charge in [0, 0.05) is 20.3 Å². The molecular weight excluding hydrogens is 408 g/mol. The molecule has 2 heterocycles. The highest BCUT2D eigenvalue weighted by Gasteiger charge is 2.29. The van der Waals surface area contributed by atoms with Gasteiger partial charge in [0.15, 0.2) is 0 Å². The molecule has 2 aromatic heterocycles. The predicted molar refractivity (Wildman–Crippen MR) is 121 cm³/mol. The molecule has 3 rings (SSSR count). The average Bonchev–Trinajstić information content (AvgIpc) is 3.17. The first-order valence-corrected chi connectivity index (χ1v) is 11.7. The standard InChI is InChI=1S/C24H36N4O4/c1-5-6-14-31-15-8-11-21-23(26-27-28(21)3)20-12-13-22(17(2)25-20)32-19-10-7-9-18(16-19)24(29)30-4/h12-13,18-19H,5-11,14-16H2,1-4H3/t18-,19-/m0/s1. The highest BCUT2D eigenvalue weighted by atomic mass is 16.5. The van der Waals surface area contributed by atoms with E-state index in [0.29, 0.717) is 6.42 Å². The lowest BCUT2D eigenvalue weighted by Gasteiger charge is -2.28. The molecule has 0 saturated heterocycles. The number of carbonyl (C=O) groups is 1. The van der Waals surface area contributed by atoms with Crippen molar-refractivity contribution >= 4 is 5.97 Å². The topological polar surface area (TPSA) is 88.4 Å². The molecule has 1 aliphatic carbocycles. The van der Waals surface area contributed by atoms with Gasteiger partial charge in [0.2, 0.25) is 0 Å². The van der Waals surface area contributed by atoms with E-state index in [2.05, 4.69) is 17.2 Å². The van der Waals surface area contributed by atoms with E-state index >= 15 is 0 Å². The SMILES string of the molecule is CCCCOCCCc1c(-c2ccc(O[C@H]3CCC[C@H](C(=O)OC)C3)c(C)n2)nnn1C. The molecule has 0 aromatic carbocycles. The van der Waals surface area contributed by atoms with E-state index < -0.39 is 0 Å². The molecule has 2 atom stereocenters. The van der Waals surface area contributed by atoms with Crippen LogP contribution in [0.1, 0.15) is 63.3 Å². The summed E-state index contributed by atoms with van der Waals surface area (Å²) in [5.74, 6) is 0.521. The molecule has 8 nitrogen and oxygen atoms in total. The third-order valence-electron chi connectivity index (χ3n) is 6.02. The van der Waals surface area contributed by atoms with Gasteiger partial charge in [-0.15, -0.1) is 5.10 Å². The molecule has 1 fully saturated rings. The molecule has 1 aliphatic rings. The maximum Gasteiger partial charge on any atom is 0.308 e. The summed E-state index contributed by atoms with van der Waals surface area (Å²) < 4.78 is 18.6. The summed E-state index contributed by atoms with van der Waals surface area (Å²) in [4.78, 5) is 16.7. The van der Waals surface area contributed by atoms with Gasteiger partial charge in [0.1, 0.15) is 11.4 Å². The Kier molecular flexibility index (Phi) is 9.02. The molecule has 0 N–H and O–H groups in total. The van der Waals surface area contributed by atoms with Crippen molar-refractivity contribution in [3.05, 3.63) is 23.5 Å². The second-order valence-corrected chi connectivity index (χ2v) is 8.48. The molecule has 0 spiro atoms. The van der Waals surface area contributed by atoms with Crippen LogP contribution in [0.4, 0.5) is 0 Å². The van der Waals surface area contributed by atoms with Gasteiger partial charge in [-0.05, 0) is 64.0 Å². The Hall–Kier alpha value is -2.48. The molecule has 0 radical (unpaired) electrons. The summed E-state index contributed by atoms with van der Waals surface area (Å²) in [6.45, 7) is 5.65. The lowest BCUT2D eigenvalue weighted by molar-refractivity contribution is -0.147. The summed E-state index contributed by atoms with van der Waals surface area (Å²) in [5.41, 5.74) is 3.46. The Morgan fingerprint density at radius 2 is 2.03 bits per heavy atom. The Morgan fingerprint density at radius 1 is 1.22 bits per heavy atom. The second kappa shape index (κ2) is 11.9. The molecule has 0 aliphatic heterocycles. The van der Waals surface area contributed by atoms with Crippen molar-refractivity contribution in [2.75, 3.05) is 20.3 Å². The number of hydrogen-bond donors (Lipinski definition) is 0. The zero-order chi connectivity index (χ0) is 22.9. The van der Waals surface area contributed by atoms with Gasteiger partial charge in [-0.1, -0.05) is 18.6 Å². The summed E-state index contributed by atoms with van der Waals surface area (Å²) in [6.07, 6.45) is 7.43. The molecule has 0 amide bonds. The first-order valence-electron chi connectivity index (χ1n) is 11.7. The molecule has 0 bridgehead atoms. The predicted octanol–water partition coefficient (Wildman–Crippen LogP) is 4.05. The number of nitrogens with zero attached hydrogens (tertiary/aromatic N) is 4. The van der Waals surface area contributed by atoms with E-state index in [1.807, 2.05) is 30.8 Å².